The lowest BCUT2D eigenvalue weighted by Crippen LogP contribution is -2.41. The predicted octanol–water partition coefficient (Wildman–Crippen LogP) is 0.738. The second kappa shape index (κ2) is 1.82. The molecule has 2 aliphatic carbocycles. The molecular formula is C8H12O2. The Bertz CT molecular complexity index is 172. The van der Waals surface area contributed by atoms with Gasteiger partial charge in [-0.05, 0) is 19.3 Å². The quantitative estimate of drug-likeness (QED) is 0.583. The normalized spacial score (nSPS) is 44.9. The van der Waals surface area contributed by atoms with Crippen LogP contribution in [0.2, 0.25) is 0 Å². The minimum atomic E-state index is 0.0527. The van der Waals surface area contributed by atoms with E-state index in [1.165, 1.54) is 0 Å². The van der Waals surface area contributed by atoms with Gasteiger partial charge in [-0.25, -0.2) is 0 Å². The minimum Gasteiger partial charge on any atom is -0.396 e. The summed E-state index contributed by atoms with van der Waals surface area (Å²) in [6.07, 6.45) is 3.75. The average molecular weight is 140 g/mol. The zero-order chi connectivity index (χ0) is 7.19. The first-order chi connectivity index (χ1) is 4.78. The number of fused-ring (bicyclic) bond motifs is 1. The molecule has 2 rings (SSSR count). The van der Waals surface area contributed by atoms with Crippen LogP contribution >= 0.6 is 0 Å². The van der Waals surface area contributed by atoms with E-state index in [-0.39, 0.29) is 17.9 Å². The van der Waals surface area contributed by atoms with Crippen molar-refractivity contribution in [1.82, 2.24) is 0 Å². The van der Waals surface area contributed by atoms with Crippen molar-refractivity contribution in [2.24, 2.45) is 11.3 Å². The second-order valence-electron chi connectivity index (χ2n) is 3.58. The molecule has 2 saturated carbocycles. The van der Waals surface area contributed by atoms with Crippen LogP contribution in [0.1, 0.15) is 25.7 Å². The van der Waals surface area contributed by atoms with Gasteiger partial charge in [0, 0.05) is 24.4 Å². The number of carbonyl (C=O) groups excluding carboxylic acids is 1. The van der Waals surface area contributed by atoms with Crippen LogP contribution in [-0.2, 0) is 4.79 Å². The number of Topliss-reactive ketones (excluding diaryl/α,β-unsaturated/α-hetero) is 1. The van der Waals surface area contributed by atoms with E-state index < -0.39 is 0 Å². The number of aliphatic hydroxyl groups excluding tert-OH is 1. The summed E-state index contributed by atoms with van der Waals surface area (Å²) in [5.41, 5.74) is 0.0527. The SMILES string of the molecule is O=C1CC[C@]2(CO)CC[C@H]12. The lowest BCUT2D eigenvalue weighted by molar-refractivity contribution is -0.128. The van der Waals surface area contributed by atoms with Crippen LogP contribution in [0.5, 0.6) is 0 Å². The molecule has 56 valence electrons. The Morgan fingerprint density at radius 3 is 2.70 bits per heavy atom. The molecule has 2 heteroatoms. The summed E-state index contributed by atoms with van der Waals surface area (Å²) in [5, 5.41) is 9.01. The molecule has 0 aromatic carbocycles. The number of aliphatic hydroxyl groups is 1. The molecule has 0 aromatic rings. The fourth-order valence-corrected chi connectivity index (χ4v) is 2.31. The summed E-state index contributed by atoms with van der Waals surface area (Å²) < 4.78 is 0. The number of ketones is 1. The number of carbonyl (C=O) groups is 1. The molecule has 0 radical (unpaired) electrons. The van der Waals surface area contributed by atoms with Crippen molar-refractivity contribution >= 4 is 5.78 Å². The van der Waals surface area contributed by atoms with Gasteiger partial charge < -0.3 is 5.11 Å². The highest BCUT2D eigenvalue weighted by atomic mass is 16.3. The molecule has 0 saturated heterocycles. The molecule has 10 heavy (non-hydrogen) atoms. The van der Waals surface area contributed by atoms with Crippen molar-refractivity contribution in [3.8, 4) is 0 Å². The van der Waals surface area contributed by atoms with Crippen LogP contribution in [0.3, 0.4) is 0 Å². The highest BCUT2D eigenvalue weighted by Crippen LogP contribution is 2.55. The molecule has 0 unspecified atom stereocenters. The molecule has 1 N–H and O–H groups in total. The van der Waals surface area contributed by atoms with Gasteiger partial charge in [-0.2, -0.15) is 0 Å². The maximum atomic E-state index is 11.1. The first-order valence-corrected chi connectivity index (χ1v) is 3.92. The Labute approximate surface area is 60.2 Å². The molecule has 0 aromatic heterocycles. The first-order valence-electron chi connectivity index (χ1n) is 3.92. The van der Waals surface area contributed by atoms with Gasteiger partial charge in [0.05, 0.1) is 0 Å². The third kappa shape index (κ3) is 0.553. The Balaban J connectivity index is 2.19. The Kier molecular flexibility index (Phi) is 1.15. The fraction of sp³-hybridized carbons (Fsp3) is 0.875. The van der Waals surface area contributed by atoms with E-state index in [0.29, 0.717) is 12.2 Å². The van der Waals surface area contributed by atoms with Crippen LogP contribution in [0.4, 0.5) is 0 Å². The summed E-state index contributed by atoms with van der Waals surface area (Å²) in [6, 6.07) is 0. The van der Waals surface area contributed by atoms with Gasteiger partial charge in [-0.15, -0.1) is 0 Å². The van der Waals surface area contributed by atoms with E-state index in [9.17, 15) is 4.79 Å². The monoisotopic (exact) mass is 140 g/mol. The van der Waals surface area contributed by atoms with Crippen molar-refractivity contribution in [1.29, 1.82) is 0 Å². The third-order valence-electron chi connectivity index (χ3n) is 3.24. The largest absolute Gasteiger partial charge is 0.396 e. The Morgan fingerprint density at radius 2 is 2.40 bits per heavy atom. The molecule has 2 aliphatic rings. The van der Waals surface area contributed by atoms with Crippen molar-refractivity contribution in [3.05, 3.63) is 0 Å². The average Bonchev–Trinajstić information content (AvgIpc) is 2.06. The van der Waals surface area contributed by atoms with E-state index in [2.05, 4.69) is 0 Å². The van der Waals surface area contributed by atoms with Gasteiger partial charge >= 0.3 is 0 Å². The summed E-state index contributed by atoms with van der Waals surface area (Å²) in [7, 11) is 0. The van der Waals surface area contributed by atoms with Crippen molar-refractivity contribution < 1.29 is 9.90 Å². The topological polar surface area (TPSA) is 37.3 Å². The zero-order valence-electron chi connectivity index (χ0n) is 5.97. The highest BCUT2D eigenvalue weighted by Gasteiger charge is 2.53. The van der Waals surface area contributed by atoms with Gasteiger partial charge in [-0.3, -0.25) is 4.79 Å². The lowest BCUT2D eigenvalue weighted by Gasteiger charge is -2.42. The molecule has 0 spiro atoms. The van der Waals surface area contributed by atoms with Gasteiger partial charge in [0.15, 0.2) is 0 Å². The van der Waals surface area contributed by atoms with Crippen molar-refractivity contribution in [2.75, 3.05) is 6.61 Å². The van der Waals surface area contributed by atoms with E-state index in [1.807, 2.05) is 0 Å². The molecule has 0 heterocycles. The molecule has 2 fully saturated rings. The third-order valence-corrected chi connectivity index (χ3v) is 3.24. The summed E-state index contributed by atoms with van der Waals surface area (Å²) in [5.74, 6) is 0.623. The molecule has 0 amide bonds. The molecule has 0 aliphatic heterocycles. The standard InChI is InChI=1S/C8H12O2/c9-5-8-3-1-6(8)7(10)2-4-8/h6,9H,1-5H2/t6-,8+/m1/s1. The van der Waals surface area contributed by atoms with Gasteiger partial charge in [0.2, 0.25) is 0 Å². The van der Waals surface area contributed by atoms with Gasteiger partial charge in [-0.1, -0.05) is 0 Å². The highest BCUT2D eigenvalue weighted by molar-refractivity contribution is 5.85. The maximum absolute atomic E-state index is 11.1. The summed E-state index contributed by atoms with van der Waals surface area (Å²) in [6.45, 7) is 0.226. The lowest BCUT2D eigenvalue weighted by atomic mass is 9.62. The van der Waals surface area contributed by atoms with Crippen LogP contribution in [0.15, 0.2) is 0 Å². The number of hydrogen-bond acceptors (Lipinski definition) is 2. The second-order valence-corrected chi connectivity index (χ2v) is 3.58. The Hall–Kier alpha value is -0.370. The Morgan fingerprint density at radius 1 is 1.60 bits per heavy atom. The van der Waals surface area contributed by atoms with Crippen LogP contribution in [0.25, 0.3) is 0 Å². The molecular weight excluding hydrogens is 128 g/mol. The van der Waals surface area contributed by atoms with Gasteiger partial charge in [0.25, 0.3) is 0 Å². The van der Waals surface area contributed by atoms with Crippen LogP contribution in [0, 0.1) is 11.3 Å². The van der Waals surface area contributed by atoms with Gasteiger partial charge in [0.1, 0.15) is 5.78 Å². The molecule has 0 bridgehead atoms. The van der Waals surface area contributed by atoms with Crippen LogP contribution < -0.4 is 0 Å². The fourth-order valence-electron chi connectivity index (χ4n) is 2.31. The zero-order valence-corrected chi connectivity index (χ0v) is 5.97. The number of hydrogen-bond donors (Lipinski definition) is 1. The summed E-state index contributed by atoms with van der Waals surface area (Å²) in [4.78, 5) is 11.1. The van der Waals surface area contributed by atoms with Crippen molar-refractivity contribution in [3.63, 3.8) is 0 Å². The van der Waals surface area contributed by atoms with E-state index in [0.717, 1.165) is 19.3 Å². The molecule has 2 atom stereocenters. The maximum Gasteiger partial charge on any atom is 0.136 e. The first kappa shape index (κ1) is 6.35. The van der Waals surface area contributed by atoms with E-state index in [4.69, 9.17) is 5.11 Å². The van der Waals surface area contributed by atoms with Crippen LogP contribution in [-0.4, -0.2) is 17.5 Å². The summed E-state index contributed by atoms with van der Waals surface area (Å²) >= 11 is 0. The smallest absolute Gasteiger partial charge is 0.136 e. The number of rotatable bonds is 1. The molecule has 2 nitrogen and oxygen atoms in total. The minimum absolute atomic E-state index is 0.0527. The van der Waals surface area contributed by atoms with E-state index >= 15 is 0 Å². The predicted molar refractivity (Wildman–Crippen MR) is 36.5 cm³/mol. The van der Waals surface area contributed by atoms with E-state index in [1.54, 1.807) is 0 Å². The van der Waals surface area contributed by atoms with Crippen molar-refractivity contribution in [2.45, 2.75) is 25.7 Å².